The van der Waals surface area contributed by atoms with Crippen LogP contribution in [0.5, 0.6) is 5.75 Å². The molecule has 0 bridgehead atoms. The van der Waals surface area contributed by atoms with Crippen molar-refractivity contribution in [2.24, 2.45) is 5.16 Å². The highest BCUT2D eigenvalue weighted by Gasteiger charge is 2.42. The Hall–Kier alpha value is -1.85. The summed E-state index contributed by atoms with van der Waals surface area (Å²) in [6.45, 7) is 3.72. The Labute approximate surface area is 147 Å². The summed E-state index contributed by atoms with van der Waals surface area (Å²) in [5, 5.41) is 6.58. The molecule has 0 saturated carbocycles. The molecule has 1 aromatic heterocycles. The number of thiophene rings is 1. The first-order valence-electron chi connectivity index (χ1n) is 8.11. The van der Waals surface area contributed by atoms with E-state index in [0.717, 1.165) is 24.4 Å². The summed E-state index contributed by atoms with van der Waals surface area (Å²) < 4.78 is 5.60. The van der Waals surface area contributed by atoms with Gasteiger partial charge in [0.2, 0.25) is 0 Å². The summed E-state index contributed by atoms with van der Waals surface area (Å²) in [5.41, 5.74) is 3.41. The number of ether oxygens (including phenoxy) is 1. The van der Waals surface area contributed by atoms with Gasteiger partial charge in [-0.3, -0.25) is 0 Å². The van der Waals surface area contributed by atoms with E-state index < -0.39 is 0 Å². The Morgan fingerprint density at radius 2 is 2.00 bits per heavy atom. The Kier molecular flexibility index (Phi) is 4.92. The van der Waals surface area contributed by atoms with Gasteiger partial charge in [0.1, 0.15) is 12.4 Å². The van der Waals surface area contributed by atoms with Gasteiger partial charge in [-0.1, -0.05) is 30.3 Å². The van der Waals surface area contributed by atoms with Gasteiger partial charge in [-0.2, -0.15) is 0 Å². The Morgan fingerprint density at radius 1 is 1.21 bits per heavy atom. The van der Waals surface area contributed by atoms with Crippen LogP contribution in [0.1, 0.15) is 29.3 Å². The van der Waals surface area contributed by atoms with Crippen molar-refractivity contribution in [2.75, 3.05) is 34.4 Å². The van der Waals surface area contributed by atoms with Gasteiger partial charge in [-0.25, -0.2) is 0 Å². The Balaban J connectivity index is 1.91. The van der Waals surface area contributed by atoms with Crippen LogP contribution in [0.4, 0.5) is 0 Å². The predicted octanol–water partition coefficient (Wildman–Crippen LogP) is 3.75. The first kappa shape index (κ1) is 17.0. The monoisotopic (exact) mass is 344 g/mol. The lowest BCUT2D eigenvalue weighted by atomic mass is 9.77. The van der Waals surface area contributed by atoms with Gasteiger partial charge < -0.3 is 14.5 Å². The average Bonchev–Trinajstić information content (AvgIpc) is 3.16. The highest BCUT2D eigenvalue weighted by molar-refractivity contribution is 7.12. The van der Waals surface area contributed by atoms with E-state index in [1.165, 1.54) is 16.0 Å². The van der Waals surface area contributed by atoms with Gasteiger partial charge in [0.25, 0.3) is 0 Å². The van der Waals surface area contributed by atoms with Crippen molar-refractivity contribution in [1.29, 1.82) is 0 Å². The second kappa shape index (κ2) is 6.95. The third-order valence-electron chi connectivity index (χ3n) is 4.55. The minimum absolute atomic E-state index is 0.133. The van der Waals surface area contributed by atoms with Crippen LogP contribution in [-0.4, -0.2) is 45.0 Å². The standard InChI is InChI=1S/C19H24N2O2S/c1-19(14-7-5-6-8-17(14)22-4)13-16(18-15(19)9-12-24-18)20-23-11-10-21(2)3/h5-9,12H,10-11,13H2,1-4H3. The molecule has 0 N–H and O–H groups in total. The van der Waals surface area contributed by atoms with E-state index in [1.807, 2.05) is 26.2 Å². The minimum atomic E-state index is -0.133. The van der Waals surface area contributed by atoms with Gasteiger partial charge in [0.15, 0.2) is 0 Å². The molecule has 0 amide bonds. The molecule has 3 rings (SSSR count). The van der Waals surface area contributed by atoms with Crippen LogP contribution in [0.15, 0.2) is 40.9 Å². The third-order valence-corrected chi connectivity index (χ3v) is 5.51. The van der Waals surface area contributed by atoms with E-state index in [2.05, 4.69) is 40.6 Å². The summed E-state index contributed by atoms with van der Waals surface area (Å²) in [7, 11) is 5.79. The second-order valence-corrected chi connectivity index (χ2v) is 7.46. The zero-order valence-electron chi connectivity index (χ0n) is 14.7. The van der Waals surface area contributed by atoms with E-state index in [-0.39, 0.29) is 5.41 Å². The van der Waals surface area contributed by atoms with Crippen LogP contribution in [0, 0.1) is 0 Å². The van der Waals surface area contributed by atoms with E-state index in [9.17, 15) is 0 Å². The molecule has 0 radical (unpaired) electrons. The summed E-state index contributed by atoms with van der Waals surface area (Å²) in [6.07, 6.45) is 0.831. The van der Waals surface area contributed by atoms with E-state index in [1.54, 1.807) is 18.4 Å². The zero-order valence-corrected chi connectivity index (χ0v) is 15.5. The Bertz CT molecular complexity index is 738. The van der Waals surface area contributed by atoms with Crippen molar-refractivity contribution in [3.05, 3.63) is 51.7 Å². The topological polar surface area (TPSA) is 34.1 Å². The normalized spacial score (nSPS) is 21.3. The molecule has 1 aromatic carbocycles. The van der Waals surface area contributed by atoms with Crippen molar-refractivity contribution in [3.63, 3.8) is 0 Å². The maximum atomic E-state index is 5.60. The second-order valence-electron chi connectivity index (χ2n) is 6.55. The van der Waals surface area contributed by atoms with Crippen molar-refractivity contribution in [2.45, 2.75) is 18.8 Å². The van der Waals surface area contributed by atoms with Gasteiger partial charge in [-0.05, 0) is 37.2 Å². The highest BCUT2D eigenvalue weighted by atomic mass is 32.1. The first-order chi connectivity index (χ1) is 11.6. The molecular formula is C19H24N2O2S. The fourth-order valence-electron chi connectivity index (χ4n) is 3.24. The molecule has 1 aliphatic carbocycles. The van der Waals surface area contributed by atoms with Crippen LogP contribution in [0.2, 0.25) is 0 Å². The van der Waals surface area contributed by atoms with Crippen molar-refractivity contribution < 1.29 is 9.57 Å². The quantitative estimate of drug-likeness (QED) is 0.591. The van der Waals surface area contributed by atoms with Gasteiger partial charge in [0, 0.05) is 23.9 Å². The molecular weight excluding hydrogens is 320 g/mol. The number of hydrogen-bond acceptors (Lipinski definition) is 5. The van der Waals surface area contributed by atoms with E-state index in [4.69, 9.17) is 9.57 Å². The lowest BCUT2D eigenvalue weighted by Crippen LogP contribution is -2.21. The molecule has 1 aliphatic rings. The number of hydrogen-bond donors (Lipinski definition) is 0. The molecule has 1 heterocycles. The summed E-state index contributed by atoms with van der Waals surface area (Å²) in [5.74, 6) is 0.923. The summed E-state index contributed by atoms with van der Waals surface area (Å²) >= 11 is 1.73. The number of methoxy groups -OCH3 is 1. The maximum absolute atomic E-state index is 5.60. The third kappa shape index (κ3) is 3.06. The molecule has 5 heteroatoms. The van der Waals surface area contributed by atoms with E-state index in [0.29, 0.717) is 6.61 Å². The Morgan fingerprint density at radius 3 is 2.75 bits per heavy atom. The number of fused-ring (bicyclic) bond motifs is 1. The van der Waals surface area contributed by atoms with Crippen LogP contribution in [-0.2, 0) is 10.3 Å². The van der Waals surface area contributed by atoms with E-state index >= 15 is 0 Å². The number of likely N-dealkylation sites (N-methyl/N-ethyl adjacent to an activating group) is 1. The highest BCUT2D eigenvalue weighted by Crippen LogP contribution is 2.48. The van der Waals surface area contributed by atoms with Crippen LogP contribution >= 0.6 is 11.3 Å². The molecule has 1 unspecified atom stereocenters. The summed E-state index contributed by atoms with van der Waals surface area (Å²) in [6, 6.07) is 10.5. The number of rotatable bonds is 6. The molecule has 128 valence electrons. The fraction of sp³-hybridized carbons (Fsp3) is 0.421. The van der Waals surface area contributed by atoms with Gasteiger partial charge >= 0.3 is 0 Å². The van der Waals surface area contributed by atoms with Crippen LogP contribution < -0.4 is 4.74 Å². The molecule has 4 nitrogen and oxygen atoms in total. The number of nitrogens with zero attached hydrogens (tertiary/aromatic N) is 2. The van der Waals surface area contributed by atoms with Crippen molar-refractivity contribution in [3.8, 4) is 5.75 Å². The fourth-order valence-corrected chi connectivity index (χ4v) is 4.25. The molecule has 24 heavy (non-hydrogen) atoms. The zero-order chi connectivity index (χ0) is 17.2. The van der Waals surface area contributed by atoms with Crippen LogP contribution in [0.3, 0.4) is 0 Å². The number of benzene rings is 1. The average molecular weight is 344 g/mol. The first-order valence-corrected chi connectivity index (χ1v) is 8.99. The molecule has 0 spiro atoms. The number of oxime groups is 1. The van der Waals surface area contributed by atoms with Gasteiger partial charge in [-0.15, -0.1) is 11.3 Å². The summed E-state index contributed by atoms with van der Waals surface area (Å²) in [4.78, 5) is 8.88. The minimum Gasteiger partial charge on any atom is -0.496 e. The van der Waals surface area contributed by atoms with Crippen LogP contribution in [0.25, 0.3) is 0 Å². The smallest absolute Gasteiger partial charge is 0.129 e. The maximum Gasteiger partial charge on any atom is 0.129 e. The lowest BCUT2D eigenvalue weighted by Gasteiger charge is -2.26. The molecule has 0 fully saturated rings. The van der Waals surface area contributed by atoms with Gasteiger partial charge in [0.05, 0.1) is 17.7 Å². The lowest BCUT2D eigenvalue weighted by molar-refractivity contribution is 0.125. The predicted molar refractivity (Wildman–Crippen MR) is 99.4 cm³/mol. The van der Waals surface area contributed by atoms with Crippen molar-refractivity contribution in [1.82, 2.24) is 4.90 Å². The molecule has 0 aliphatic heterocycles. The largest absolute Gasteiger partial charge is 0.496 e. The van der Waals surface area contributed by atoms with Crippen molar-refractivity contribution >= 4 is 17.0 Å². The molecule has 0 saturated heterocycles. The SMILES string of the molecule is COc1ccccc1C1(C)CC(=NOCCN(C)C)c2sccc21. The number of para-hydroxylation sites is 1. The molecule has 1 atom stereocenters. The molecule has 2 aromatic rings.